The molecule has 0 aromatic rings. The summed E-state index contributed by atoms with van der Waals surface area (Å²) in [6, 6.07) is 0.199. The van der Waals surface area contributed by atoms with Crippen LogP contribution in [0, 0.1) is 0 Å². The molecule has 142 valence electrons. The molecule has 1 aliphatic rings. The third-order valence-corrected chi connectivity index (χ3v) is 6.73. The van der Waals surface area contributed by atoms with Crippen molar-refractivity contribution < 1.29 is 13.2 Å². The van der Waals surface area contributed by atoms with E-state index >= 15 is 0 Å². The van der Waals surface area contributed by atoms with Crippen molar-refractivity contribution in [3.8, 4) is 0 Å². The average Bonchev–Trinajstić information content (AvgIpc) is 2.45. The minimum Gasteiger partial charge on any atom is -0.354 e. The standard InChI is InChI=1S/C15H30N4O3S.HI/c1-7-12(2)17-14(16-10-13(20)18(5)6)19-8-9-23(21,22)15(3,4)11-19;/h12H,7-11H2,1-6H3,(H,16,17);1H. The van der Waals surface area contributed by atoms with Crippen molar-refractivity contribution >= 4 is 45.7 Å². The van der Waals surface area contributed by atoms with Crippen LogP contribution in [-0.4, -0.2) is 80.4 Å². The van der Waals surface area contributed by atoms with Gasteiger partial charge in [0.2, 0.25) is 5.91 Å². The van der Waals surface area contributed by atoms with Gasteiger partial charge in [-0.15, -0.1) is 24.0 Å². The number of hydrogen-bond acceptors (Lipinski definition) is 4. The van der Waals surface area contributed by atoms with E-state index in [0.717, 1.165) is 6.42 Å². The third kappa shape index (κ3) is 6.05. The quantitative estimate of drug-likeness (QED) is 0.373. The second-order valence-electron chi connectivity index (χ2n) is 6.88. The highest BCUT2D eigenvalue weighted by molar-refractivity contribution is 14.0. The number of amides is 1. The second kappa shape index (κ2) is 9.21. The zero-order chi connectivity index (χ0) is 17.8. The first-order chi connectivity index (χ1) is 10.5. The van der Waals surface area contributed by atoms with Gasteiger partial charge in [0.05, 0.1) is 10.5 Å². The van der Waals surface area contributed by atoms with Crippen molar-refractivity contribution in [3.05, 3.63) is 0 Å². The van der Waals surface area contributed by atoms with Crippen LogP contribution in [0.1, 0.15) is 34.1 Å². The molecule has 1 N–H and O–H groups in total. The molecule has 1 saturated heterocycles. The van der Waals surface area contributed by atoms with Gasteiger partial charge in [-0.1, -0.05) is 6.92 Å². The van der Waals surface area contributed by atoms with Crippen molar-refractivity contribution in [2.75, 3.05) is 39.5 Å². The number of carbonyl (C=O) groups is 1. The van der Waals surface area contributed by atoms with E-state index in [2.05, 4.69) is 17.2 Å². The molecule has 0 spiro atoms. The summed E-state index contributed by atoms with van der Waals surface area (Å²) in [6.45, 7) is 8.38. The Morgan fingerprint density at radius 1 is 1.38 bits per heavy atom. The largest absolute Gasteiger partial charge is 0.354 e. The van der Waals surface area contributed by atoms with Crippen LogP contribution in [0.15, 0.2) is 4.99 Å². The molecule has 0 radical (unpaired) electrons. The summed E-state index contributed by atoms with van der Waals surface area (Å²) in [5.74, 6) is 0.623. The molecule has 1 rings (SSSR count). The number of nitrogens with one attached hydrogen (secondary N) is 1. The zero-order valence-corrected chi connectivity index (χ0v) is 18.6. The Kier molecular flexibility index (Phi) is 8.99. The third-order valence-electron chi connectivity index (χ3n) is 4.19. The smallest absolute Gasteiger partial charge is 0.243 e. The number of halogens is 1. The van der Waals surface area contributed by atoms with Crippen LogP contribution in [0.4, 0.5) is 0 Å². The summed E-state index contributed by atoms with van der Waals surface area (Å²) in [4.78, 5) is 19.6. The fourth-order valence-electron chi connectivity index (χ4n) is 2.17. The highest BCUT2D eigenvalue weighted by Gasteiger charge is 2.41. The molecule has 0 aromatic heterocycles. The molecule has 1 aliphatic heterocycles. The molecule has 0 bridgehead atoms. The van der Waals surface area contributed by atoms with Crippen LogP contribution in [0.2, 0.25) is 0 Å². The number of likely N-dealkylation sites (N-methyl/N-ethyl adjacent to an activating group) is 1. The van der Waals surface area contributed by atoms with Gasteiger partial charge in [0.15, 0.2) is 15.8 Å². The maximum atomic E-state index is 12.2. The van der Waals surface area contributed by atoms with Gasteiger partial charge in [-0.25, -0.2) is 13.4 Å². The summed E-state index contributed by atoms with van der Waals surface area (Å²) in [5, 5.41) is 3.31. The number of nitrogens with zero attached hydrogens (tertiary/aromatic N) is 3. The lowest BCUT2D eigenvalue weighted by Gasteiger charge is -2.39. The fourth-order valence-corrected chi connectivity index (χ4v) is 3.53. The van der Waals surface area contributed by atoms with Gasteiger partial charge in [-0.3, -0.25) is 4.79 Å². The van der Waals surface area contributed by atoms with Crippen LogP contribution in [0.3, 0.4) is 0 Å². The second-order valence-corrected chi connectivity index (χ2v) is 9.62. The predicted molar refractivity (Wildman–Crippen MR) is 109 cm³/mol. The van der Waals surface area contributed by atoms with Crippen LogP contribution in [-0.2, 0) is 14.6 Å². The Bertz CT molecular complexity index is 561. The van der Waals surface area contributed by atoms with E-state index in [1.54, 1.807) is 27.9 Å². The maximum Gasteiger partial charge on any atom is 0.243 e. The number of guanidine groups is 1. The molecule has 9 heteroatoms. The van der Waals surface area contributed by atoms with Gasteiger partial charge in [0.1, 0.15) is 6.54 Å². The van der Waals surface area contributed by atoms with E-state index in [-0.39, 0.29) is 48.2 Å². The maximum absolute atomic E-state index is 12.2. The Labute approximate surface area is 163 Å². The highest BCUT2D eigenvalue weighted by atomic mass is 127. The molecular weight excluding hydrogens is 443 g/mol. The van der Waals surface area contributed by atoms with E-state index in [0.29, 0.717) is 19.0 Å². The van der Waals surface area contributed by atoms with Gasteiger partial charge in [0.25, 0.3) is 0 Å². The zero-order valence-electron chi connectivity index (χ0n) is 15.5. The van der Waals surface area contributed by atoms with Gasteiger partial charge < -0.3 is 15.1 Å². The summed E-state index contributed by atoms with van der Waals surface area (Å²) in [6.07, 6.45) is 0.913. The summed E-state index contributed by atoms with van der Waals surface area (Å²) in [5.41, 5.74) is 0. The number of aliphatic imine (C=N–C) groups is 1. The van der Waals surface area contributed by atoms with Crippen LogP contribution in [0.5, 0.6) is 0 Å². The normalized spacial score (nSPS) is 20.8. The predicted octanol–water partition coefficient (Wildman–Crippen LogP) is 0.946. The topological polar surface area (TPSA) is 82.1 Å². The lowest BCUT2D eigenvalue weighted by Crippen LogP contribution is -2.58. The minimum absolute atomic E-state index is 0. The molecule has 0 aromatic carbocycles. The molecule has 24 heavy (non-hydrogen) atoms. The van der Waals surface area contributed by atoms with Gasteiger partial charge in [-0.2, -0.15) is 0 Å². The van der Waals surface area contributed by atoms with E-state index in [9.17, 15) is 13.2 Å². The van der Waals surface area contributed by atoms with Crippen molar-refractivity contribution in [2.24, 2.45) is 4.99 Å². The van der Waals surface area contributed by atoms with Crippen LogP contribution >= 0.6 is 24.0 Å². The number of sulfone groups is 1. The van der Waals surface area contributed by atoms with Crippen molar-refractivity contribution in [1.29, 1.82) is 0 Å². The van der Waals surface area contributed by atoms with E-state index in [1.807, 2.05) is 11.8 Å². The first-order valence-corrected chi connectivity index (χ1v) is 9.63. The number of rotatable bonds is 4. The van der Waals surface area contributed by atoms with Gasteiger partial charge in [-0.05, 0) is 27.2 Å². The fraction of sp³-hybridized carbons (Fsp3) is 0.867. The molecule has 0 saturated carbocycles. The highest BCUT2D eigenvalue weighted by Crippen LogP contribution is 2.23. The summed E-state index contributed by atoms with van der Waals surface area (Å²) in [7, 11) is 0.276. The number of carbonyl (C=O) groups excluding carboxylic acids is 1. The first-order valence-electron chi connectivity index (χ1n) is 7.98. The molecule has 0 aliphatic carbocycles. The molecule has 1 fully saturated rings. The summed E-state index contributed by atoms with van der Waals surface area (Å²) < 4.78 is 23.5. The Morgan fingerprint density at radius 2 is 1.96 bits per heavy atom. The molecule has 1 amide bonds. The number of hydrogen-bond donors (Lipinski definition) is 1. The van der Waals surface area contributed by atoms with Gasteiger partial charge in [0, 0.05) is 33.2 Å². The van der Waals surface area contributed by atoms with Crippen molar-refractivity contribution in [1.82, 2.24) is 15.1 Å². The molecule has 1 atom stereocenters. The monoisotopic (exact) mass is 474 g/mol. The average molecular weight is 474 g/mol. The van der Waals surface area contributed by atoms with Crippen molar-refractivity contribution in [2.45, 2.75) is 44.9 Å². The lowest BCUT2D eigenvalue weighted by molar-refractivity contribution is -0.127. The minimum atomic E-state index is -3.11. The van der Waals surface area contributed by atoms with E-state index < -0.39 is 14.6 Å². The molecule has 7 nitrogen and oxygen atoms in total. The van der Waals surface area contributed by atoms with Crippen LogP contribution < -0.4 is 5.32 Å². The molecule has 1 heterocycles. The molecule has 1 unspecified atom stereocenters. The molecular formula is C15H31IN4O3S. The van der Waals surface area contributed by atoms with Gasteiger partial charge >= 0.3 is 0 Å². The van der Waals surface area contributed by atoms with E-state index in [4.69, 9.17) is 0 Å². The Morgan fingerprint density at radius 3 is 2.42 bits per heavy atom. The van der Waals surface area contributed by atoms with E-state index in [1.165, 1.54) is 4.90 Å². The van der Waals surface area contributed by atoms with Crippen LogP contribution in [0.25, 0.3) is 0 Å². The first kappa shape index (κ1) is 23.4. The Hall–Kier alpha value is -0.580. The SMILES string of the molecule is CCC(C)NC(=NCC(=O)N(C)C)N1CCS(=O)(=O)C(C)(C)C1.I. The Balaban J connectivity index is 0.00000529. The lowest BCUT2D eigenvalue weighted by atomic mass is 10.2. The summed E-state index contributed by atoms with van der Waals surface area (Å²) >= 11 is 0. The van der Waals surface area contributed by atoms with Crippen molar-refractivity contribution in [3.63, 3.8) is 0 Å².